The Hall–Kier alpha value is -4.57. The van der Waals surface area contributed by atoms with Crippen molar-refractivity contribution < 1.29 is 45.8 Å². The number of nitrogens with two attached hydrogens (primary N) is 1. The number of aromatic amines is 1. The third kappa shape index (κ3) is 5.87. The van der Waals surface area contributed by atoms with Gasteiger partial charge in [0.25, 0.3) is 0 Å². The summed E-state index contributed by atoms with van der Waals surface area (Å²) in [4.78, 5) is 38.5. The summed E-state index contributed by atoms with van der Waals surface area (Å²) in [6, 6.07) is 2.53. The number of aliphatic hydroxyl groups is 1. The van der Waals surface area contributed by atoms with Gasteiger partial charge in [0.15, 0.2) is 17.5 Å². The second-order valence-electron chi connectivity index (χ2n) is 9.43. The maximum absolute atomic E-state index is 14.1. The molecule has 0 aliphatic carbocycles. The largest absolute Gasteiger partial charge is 0.416 e. The lowest BCUT2D eigenvalue weighted by molar-refractivity contribution is -0.139. The van der Waals surface area contributed by atoms with E-state index in [9.17, 15) is 41.0 Å². The fraction of sp³-hybridized carbons (Fsp3) is 0.231. The quantitative estimate of drug-likeness (QED) is 0.127. The molecule has 0 bridgehead atoms. The zero-order valence-corrected chi connectivity index (χ0v) is 22.3. The molecule has 10 nitrogen and oxygen atoms in total. The third-order valence-electron chi connectivity index (χ3n) is 6.68. The van der Waals surface area contributed by atoms with Crippen LogP contribution in [0.1, 0.15) is 11.1 Å². The fourth-order valence-corrected chi connectivity index (χ4v) is 5.03. The summed E-state index contributed by atoms with van der Waals surface area (Å²) < 4.78 is 87.7. The number of ether oxygens (including phenoxy) is 1. The Bertz CT molecular complexity index is 1730. The molecule has 226 valence electrons. The second-order valence-corrected chi connectivity index (χ2v) is 9.84. The van der Waals surface area contributed by atoms with Crippen molar-refractivity contribution >= 4 is 46.5 Å². The van der Waals surface area contributed by atoms with Gasteiger partial charge in [-0.05, 0) is 41.5 Å². The average Bonchev–Trinajstić information content (AvgIpc) is 3.38. The van der Waals surface area contributed by atoms with Crippen LogP contribution in [0.5, 0.6) is 0 Å². The number of pyridine rings is 1. The lowest BCUT2D eigenvalue weighted by Gasteiger charge is -2.40. The van der Waals surface area contributed by atoms with Gasteiger partial charge in [-0.15, -0.1) is 0 Å². The Morgan fingerprint density at radius 1 is 1.12 bits per heavy atom. The van der Waals surface area contributed by atoms with E-state index < -0.39 is 52.9 Å². The number of nitrogens with zero attached hydrogens (tertiary/aromatic N) is 4. The number of imidazole rings is 1. The number of alkyl halides is 3. The van der Waals surface area contributed by atoms with Crippen LogP contribution in [0, 0.1) is 17.5 Å². The molecule has 1 fully saturated rings. The molecule has 0 spiro atoms. The van der Waals surface area contributed by atoms with Crippen molar-refractivity contribution in [3.8, 4) is 11.1 Å². The molecule has 4 N–H and O–H groups in total. The van der Waals surface area contributed by atoms with Gasteiger partial charge in [-0.1, -0.05) is 11.6 Å². The minimum Gasteiger partial charge on any atom is -0.392 e. The van der Waals surface area contributed by atoms with E-state index in [1.165, 1.54) is 17.2 Å². The summed E-state index contributed by atoms with van der Waals surface area (Å²) in [5, 5.41) is 9.47. The second kappa shape index (κ2) is 11.3. The Morgan fingerprint density at radius 2 is 1.81 bits per heavy atom. The average molecular weight is 629 g/mol. The van der Waals surface area contributed by atoms with E-state index in [1.54, 1.807) is 4.90 Å². The molecule has 4 aromatic rings. The number of hydrogen-bond acceptors (Lipinski definition) is 8. The number of hydrogen-bond donors (Lipinski definition) is 3. The van der Waals surface area contributed by atoms with Crippen LogP contribution in [-0.2, 0) is 22.3 Å². The molecule has 1 amide bonds. The summed E-state index contributed by atoms with van der Waals surface area (Å²) >= 11 is 6.31. The number of fused-ring (bicyclic) bond motifs is 1. The van der Waals surface area contributed by atoms with Crippen molar-refractivity contribution in [3.05, 3.63) is 70.1 Å². The van der Waals surface area contributed by atoms with Crippen molar-refractivity contribution in [2.45, 2.75) is 18.8 Å². The third-order valence-corrected chi connectivity index (χ3v) is 6.96. The monoisotopic (exact) mass is 628 g/mol. The maximum atomic E-state index is 14.1. The molecule has 1 saturated heterocycles. The molecule has 5 rings (SSSR count). The highest BCUT2D eigenvalue weighted by atomic mass is 35.5. The van der Waals surface area contributed by atoms with Gasteiger partial charge in [0.1, 0.15) is 11.9 Å². The van der Waals surface area contributed by atoms with Crippen LogP contribution in [0.2, 0.25) is 5.02 Å². The van der Waals surface area contributed by atoms with Crippen LogP contribution in [-0.4, -0.2) is 57.8 Å². The van der Waals surface area contributed by atoms with E-state index in [4.69, 9.17) is 17.3 Å². The summed E-state index contributed by atoms with van der Waals surface area (Å²) in [6.07, 6.45) is -4.93. The predicted molar refractivity (Wildman–Crippen MR) is 141 cm³/mol. The first kappa shape index (κ1) is 29.9. The number of esters is 1. The number of halogens is 7. The van der Waals surface area contributed by atoms with Crippen molar-refractivity contribution in [3.63, 3.8) is 0 Å². The van der Waals surface area contributed by atoms with E-state index in [0.29, 0.717) is 29.8 Å². The van der Waals surface area contributed by atoms with Gasteiger partial charge >= 0.3 is 18.2 Å². The van der Waals surface area contributed by atoms with Gasteiger partial charge in [-0.2, -0.15) is 13.2 Å². The summed E-state index contributed by atoms with van der Waals surface area (Å²) in [7, 11) is 0. The van der Waals surface area contributed by atoms with Crippen LogP contribution in [0.25, 0.3) is 22.2 Å². The summed E-state index contributed by atoms with van der Waals surface area (Å²) in [6.45, 7) is -0.434. The number of piperazine rings is 1. The number of H-pyrrole nitrogens is 1. The van der Waals surface area contributed by atoms with Gasteiger partial charge < -0.3 is 30.4 Å². The molecule has 0 saturated carbocycles. The summed E-state index contributed by atoms with van der Waals surface area (Å²) in [5.74, 6) is -6.09. The molecule has 2 aromatic carbocycles. The van der Waals surface area contributed by atoms with E-state index in [-0.39, 0.29) is 59.6 Å². The lowest BCUT2D eigenvalue weighted by atomic mass is 10.0. The van der Waals surface area contributed by atoms with Crippen LogP contribution in [0.15, 0.2) is 36.5 Å². The Kier molecular flexibility index (Phi) is 7.83. The number of aromatic nitrogens is 3. The molecule has 17 heteroatoms. The Balaban J connectivity index is 1.60. The molecular formula is C26H19ClF6N6O4. The molecular weight excluding hydrogens is 610 g/mol. The number of nitrogens with one attached hydrogen (secondary N) is 1. The van der Waals surface area contributed by atoms with E-state index in [1.807, 2.05) is 0 Å². The zero-order chi connectivity index (χ0) is 31.2. The molecule has 1 atom stereocenters. The number of carbonyl (C=O) groups excluding carboxylic acids is 2. The predicted octanol–water partition coefficient (Wildman–Crippen LogP) is 4.52. The zero-order valence-electron chi connectivity index (χ0n) is 21.6. The van der Waals surface area contributed by atoms with Crippen LogP contribution < -0.4 is 15.5 Å². The van der Waals surface area contributed by atoms with Gasteiger partial charge in [0.05, 0.1) is 34.8 Å². The highest BCUT2D eigenvalue weighted by Gasteiger charge is 2.38. The van der Waals surface area contributed by atoms with Crippen molar-refractivity contribution in [1.82, 2.24) is 15.0 Å². The van der Waals surface area contributed by atoms with Crippen LogP contribution in [0.3, 0.4) is 0 Å². The number of aliphatic hydroxyl groups excluding tert-OH is 1. The smallest absolute Gasteiger partial charge is 0.392 e. The standard InChI is InChI=1S/C26H19ClF6N6O4/c27-15-3-11(10-40)8-35-22(15)38-1-2-39(19(9-38)23(41)43-24(34)42)25-36-18-7-13(26(31,32)33)6-14(21(18)37-25)12-4-16(28)20(30)17(29)5-12/h3-8,19,40H,1-2,9-10H2,(H2,34,42)(H,36,37). The molecule has 2 aromatic heterocycles. The SMILES string of the molecule is NC(=O)OC(=O)C1CN(c2ncc(CO)cc2Cl)CCN1c1nc2c(-c3cc(F)c(F)c(F)c3)cc(C(F)(F)F)cc2[nH]1. The normalized spacial score (nSPS) is 15.7. The first-order valence-corrected chi connectivity index (χ1v) is 12.7. The Labute approximate surface area is 242 Å². The van der Waals surface area contributed by atoms with E-state index in [2.05, 4.69) is 19.7 Å². The molecule has 3 heterocycles. The maximum Gasteiger partial charge on any atom is 0.416 e. The molecule has 0 radical (unpaired) electrons. The first-order chi connectivity index (χ1) is 20.3. The highest BCUT2D eigenvalue weighted by Crippen LogP contribution is 2.38. The number of benzene rings is 2. The van der Waals surface area contributed by atoms with Crippen LogP contribution >= 0.6 is 11.6 Å². The fourth-order valence-electron chi connectivity index (χ4n) is 4.72. The van der Waals surface area contributed by atoms with Gasteiger partial charge in [0.2, 0.25) is 5.95 Å². The first-order valence-electron chi connectivity index (χ1n) is 12.3. The van der Waals surface area contributed by atoms with Crippen molar-refractivity contribution in [1.29, 1.82) is 0 Å². The topological polar surface area (TPSA) is 138 Å². The number of primary amides is 1. The lowest BCUT2D eigenvalue weighted by Crippen LogP contribution is -2.58. The minimum atomic E-state index is -4.89. The van der Waals surface area contributed by atoms with Gasteiger partial charge in [-0.3, -0.25) is 0 Å². The van der Waals surface area contributed by atoms with Crippen molar-refractivity contribution in [2.24, 2.45) is 5.73 Å². The molecule has 1 aliphatic heterocycles. The Morgan fingerprint density at radius 3 is 2.42 bits per heavy atom. The van der Waals surface area contributed by atoms with Gasteiger partial charge in [0, 0.05) is 24.8 Å². The number of rotatable bonds is 5. The summed E-state index contributed by atoms with van der Waals surface area (Å²) in [5.41, 5.74) is 3.06. The molecule has 43 heavy (non-hydrogen) atoms. The van der Waals surface area contributed by atoms with E-state index >= 15 is 0 Å². The number of anilines is 2. The van der Waals surface area contributed by atoms with Gasteiger partial charge in [-0.25, -0.2) is 32.7 Å². The number of amides is 1. The van der Waals surface area contributed by atoms with Crippen molar-refractivity contribution in [2.75, 3.05) is 29.4 Å². The van der Waals surface area contributed by atoms with Crippen LogP contribution in [0.4, 0.5) is 42.9 Å². The highest BCUT2D eigenvalue weighted by molar-refractivity contribution is 6.33. The number of carbonyl (C=O) groups is 2. The molecule has 1 unspecified atom stereocenters. The molecule has 1 aliphatic rings. The van der Waals surface area contributed by atoms with E-state index in [0.717, 1.165) is 0 Å². The minimum absolute atomic E-state index is 0.0423.